The van der Waals surface area contributed by atoms with Gasteiger partial charge in [-0.3, -0.25) is 0 Å². The molecule has 0 aromatic heterocycles. The fourth-order valence-corrected chi connectivity index (χ4v) is 6.22. The average molecular weight is 761 g/mol. The first-order chi connectivity index (χ1) is 25.1. The second-order valence-electron chi connectivity index (χ2n) is 11.9. The van der Waals surface area contributed by atoms with E-state index >= 15 is 0 Å². The number of carboxylic acid groups (broad SMARTS) is 2. The molecule has 0 aliphatic heterocycles. The Balaban J connectivity index is 1.68. The van der Waals surface area contributed by atoms with Crippen LogP contribution in [0.4, 0.5) is 0 Å². The molecule has 0 radical (unpaired) electrons. The van der Waals surface area contributed by atoms with Gasteiger partial charge >= 0.3 is 23.9 Å². The Kier molecular flexibility index (Phi) is 19.2. The van der Waals surface area contributed by atoms with Gasteiger partial charge < -0.3 is 38.6 Å². The summed E-state index contributed by atoms with van der Waals surface area (Å²) in [5, 5.41) is 17.6. The molecule has 0 bridgehead atoms. The first-order valence-corrected chi connectivity index (χ1v) is 19.8. The van der Waals surface area contributed by atoms with Crippen LogP contribution in [0.2, 0.25) is 0 Å². The maximum atomic E-state index is 12.1. The van der Waals surface area contributed by atoms with Crippen LogP contribution in [0.15, 0.2) is 72.8 Å². The molecule has 1 aliphatic rings. The summed E-state index contributed by atoms with van der Waals surface area (Å²) in [6.07, 6.45) is 10.9. The predicted molar refractivity (Wildman–Crippen MR) is 199 cm³/mol. The van der Waals surface area contributed by atoms with Gasteiger partial charge in [0.05, 0.1) is 26.4 Å². The zero-order chi connectivity index (χ0) is 37.6. The van der Waals surface area contributed by atoms with Gasteiger partial charge in [0.25, 0.3) is 0 Å². The third-order valence-electron chi connectivity index (χ3n) is 8.15. The molecule has 2 N–H and O–H groups in total. The molecule has 0 spiro atoms. The Bertz CT molecular complexity index is 1350. The summed E-state index contributed by atoms with van der Waals surface area (Å²) in [6, 6.07) is 15.8. The maximum Gasteiger partial charge on any atom is 0.331 e. The van der Waals surface area contributed by atoms with Crippen molar-refractivity contribution in [1.82, 2.24) is 0 Å². The number of carboxylic acids is 2. The smallest absolute Gasteiger partial charge is 0.331 e. The van der Waals surface area contributed by atoms with Gasteiger partial charge in [-0.15, -0.1) is 0 Å². The molecule has 3 rings (SSSR count). The summed E-state index contributed by atoms with van der Waals surface area (Å²) in [5.41, 5.74) is 2.09. The average Bonchev–Trinajstić information content (AvgIpc) is 3.15. The molecule has 12 nitrogen and oxygen atoms in total. The van der Waals surface area contributed by atoms with Crippen LogP contribution in [0, 0.1) is 0 Å². The van der Waals surface area contributed by atoms with E-state index in [1.165, 1.54) is 0 Å². The van der Waals surface area contributed by atoms with Crippen molar-refractivity contribution in [2.45, 2.75) is 49.7 Å². The molecule has 2 atom stereocenters. The number of carbonyl (C=O) groups excluding carboxylic acids is 2. The van der Waals surface area contributed by atoms with E-state index in [2.05, 4.69) is 24.3 Å². The number of aliphatic carboxylic acids is 2. The molecule has 1 fully saturated rings. The van der Waals surface area contributed by atoms with E-state index in [9.17, 15) is 19.2 Å². The van der Waals surface area contributed by atoms with Gasteiger partial charge in [0.15, 0.2) is 12.2 Å². The Hall–Kier alpha value is -3.98. The normalized spacial score (nSPS) is 15.2. The van der Waals surface area contributed by atoms with Crippen LogP contribution < -0.4 is 9.47 Å². The van der Waals surface area contributed by atoms with Crippen LogP contribution in [-0.4, -0.2) is 110 Å². The third-order valence-corrected chi connectivity index (χ3v) is 9.30. The highest BCUT2D eigenvalue weighted by molar-refractivity contribution is 7.98. The highest BCUT2D eigenvalue weighted by Gasteiger charge is 2.35. The van der Waals surface area contributed by atoms with Crippen molar-refractivity contribution in [3.05, 3.63) is 84.0 Å². The van der Waals surface area contributed by atoms with Crippen molar-refractivity contribution in [3.63, 3.8) is 0 Å². The van der Waals surface area contributed by atoms with Gasteiger partial charge in [0, 0.05) is 41.2 Å². The van der Waals surface area contributed by atoms with Gasteiger partial charge in [-0.2, -0.15) is 23.5 Å². The molecule has 2 aromatic rings. The van der Waals surface area contributed by atoms with Crippen molar-refractivity contribution >= 4 is 47.4 Å². The molecule has 2 unspecified atom stereocenters. The predicted octanol–water partition coefficient (Wildman–Crippen LogP) is 5.56. The summed E-state index contributed by atoms with van der Waals surface area (Å²) in [5.74, 6) is -1.33. The van der Waals surface area contributed by atoms with Crippen molar-refractivity contribution in [2.24, 2.45) is 0 Å². The van der Waals surface area contributed by atoms with Gasteiger partial charge in [0.2, 0.25) is 0 Å². The fourth-order valence-electron chi connectivity index (χ4n) is 5.65. The van der Waals surface area contributed by atoms with Crippen molar-refractivity contribution in [3.8, 4) is 11.5 Å². The molecule has 0 saturated heterocycles. The minimum atomic E-state index is -1.25. The number of carbonyl (C=O) groups is 4. The monoisotopic (exact) mass is 760 g/mol. The molecule has 14 heteroatoms. The summed E-state index contributed by atoms with van der Waals surface area (Å²) in [7, 11) is 0. The van der Waals surface area contributed by atoms with Gasteiger partial charge in [-0.25, -0.2) is 19.2 Å². The van der Waals surface area contributed by atoms with E-state index in [4.69, 9.17) is 38.6 Å². The lowest BCUT2D eigenvalue weighted by molar-refractivity contribution is -0.148. The summed E-state index contributed by atoms with van der Waals surface area (Å²) in [6.45, 7) is 1.22. The summed E-state index contributed by atoms with van der Waals surface area (Å²) >= 11 is 3.26. The lowest BCUT2D eigenvalue weighted by atomic mass is 9.65. The molecular weight excluding hydrogens is 713 g/mol. The van der Waals surface area contributed by atoms with Gasteiger partial charge in [-0.1, -0.05) is 43.5 Å². The Morgan fingerprint density at radius 3 is 1.40 bits per heavy atom. The van der Waals surface area contributed by atoms with E-state index in [0.717, 1.165) is 79.0 Å². The number of esters is 2. The molecule has 284 valence electrons. The number of benzene rings is 2. The lowest BCUT2D eigenvalue weighted by Gasteiger charge is -2.39. The SMILES string of the molecule is CSCCOCC(COc1ccc(C2(c3ccc(OCC(COCCSC)OC(=O)/C=C\C(=O)O)cc3)CCCCC2)cc1)OC(=O)/C=C\C(=O)O. The highest BCUT2D eigenvalue weighted by atomic mass is 32.2. The van der Waals surface area contributed by atoms with Gasteiger partial charge in [-0.05, 0) is 60.7 Å². The van der Waals surface area contributed by atoms with Crippen LogP contribution in [0.1, 0.15) is 43.2 Å². The zero-order valence-electron chi connectivity index (χ0n) is 29.6. The Morgan fingerprint density at radius 2 is 1.04 bits per heavy atom. The first kappa shape index (κ1) is 42.4. The van der Waals surface area contributed by atoms with E-state index in [-0.39, 0.29) is 31.8 Å². The number of hydrogen-bond acceptors (Lipinski definition) is 12. The molecule has 2 aromatic carbocycles. The Labute approximate surface area is 313 Å². The van der Waals surface area contributed by atoms with Crippen molar-refractivity contribution in [2.75, 3.05) is 63.7 Å². The second-order valence-corrected chi connectivity index (χ2v) is 13.9. The van der Waals surface area contributed by atoms with Crippen molar-refractivity contribution < 1.29 is 57.8 Å². The van der Waals surface area contributed by atoms with Crippen LogP contribution in [0.3, 0.4) is 0 Å². The number of rotatable bonds is 24. The van der Waals surface area contributed by atoms with Gasteiger partial charge in [0.1, 0.15) is 24.7 Å². The second kappa shape index (κ2) is 23.6. The minimum Gasteiger partial charge on any atom is -0.490 e. The molecule has 0 heterocycles. The van der Waals surface area contributed by atoms with E-state index < -0.39 is 36.1 Å². The van der Waals surface area contributed by atoms with Crippen LogP contribution >= 0.6 is 23.5 Å². The quantitative estimate of drug-likeness (QED) is 0.0777. The topological polar surface area (TPSA) is 164 Å². The zero-order valence-corrected chi connectivity index (χ0v) is 31.2. The molecule has 0 amide bonds. The summed E-state index contributed by atoms with van der Waals surface area (Å²) in [4.78, 5) is 45.8. The largest absolute Gasteiger partial charge is 0.490 e. The van der Waals surface area contributed by atoms with Crippen LogP contribution in [-0.2, 0) is 43.5 Å². The summed E-state index contributed by atoms with van der Waals surface area (Å²) < 4.78 is 34.0. The number of ether oxygens (including phenoxy) is 6. The molecule has 1 aliphatic carbocycles. The molecule has 52 heavy (non-hydrogen) atoms. The number of hydrogen-bond donors (Lipinski definition) is 2. The van der Waals surface area contributed by atoms with E-state index in [1.807, 2.05) is 36.8 Å². The molecular formula is C38H48O12S2. The minimum absolute atomic E-state index is 0.0287. The van der Waals surface area contributed by atoms with E-state index in [1.54, 1.807) is 23.5 Å². The highest BCUT2D eigenvalue weighted by Crippen LogP contribution is 2.45. The maximum absolute atomic E-state index is 12.1. The number of thioether (sulfide) groups is 2. The first-order valence-electron chi connectivity index (χ1n) is 17.0. The fraction of sp³-hybridized carbons (Fsp3) is 0.474. The van der Waals surface area contributed by atoms with Crippen LogP contribution in [0.25, 0.3) is 0 Å². The van der Waals surface area contributed by atoms with E-state index in [0.29, 0.717) is 24.7 Å². The standard InChI is InChI=1S/C38H48O12S2/c1-51-22-20-45-24-32(49-36(43)16-14-34(39)40)26-47-30-10-6-28(7-11-30)38(18-4-3-5-19-38)29-8-12-31(13-9-29)48-27-33(25-46-21-23-52-2)50-37(44)17-15-35(41)42/h6-17,32-33H,3-5,18-27H2,1-2H3,(H,39,40)(H,41,42)/b16-14-,17-15-. The lowest BCUT2D eigenvalue weighted by Crippen LogP contribution is -2.31. The van der Waals surface area contributed by atoms with Crippen molar-refractivity contribution in [1.29, 1.82) is 0 Å². The molecule has 1 saturated carbocycles. The third kappa shape index (κ3) is 15.3. The Morgan fingerprint density at radius 1 is 0.635 bits per heavy atom. The van der Waals surface area contributed by atoms with Crippen LogP contribution in [0.5, 0.6) is 11.5 Å².